The van der Waals surface area contributed by atoms with E-state index in [0.717, 1.165) is 5.56 Å². The van der Waals surface area contributed by atoms with E-state index < -0.39 is 5.91 Å². The number of nitrogens with one attached hydrogen (secondary N) is 1. The van der Waals surface area contributed by atoms with Gasteiger partial charge in [0, 0.05) is 5.56 Å². The van der Waals surface area contributed by atoms with E-state index >= 15 is 0 Å². The van der Waals surface area contributed by atoms with Crippen LogP contribution in [-0.2, 0) is 9.78 Å². The van der Waals surface area contributed by atoms with Crippen molar-refractivity contribution in [3.8, 4) is 5.75 Å². The maximum atomic E-state index is 11.4. The Bertz CT molecular complexity index is 891. The van der Waals surface area contributed by atoms with Crippen molar-refractivity contribution in [3.63, 3.8) is 0 Å². The highest BCUT2D eigenvalue weighted by Gasteiger charge is 2.00. The molecule has 28 heavy (non-hydrogen) atoms. The highest BCUT2D eigenvalue weighted by atomic mass is 17.3. The van der Waals surface area contributed by atoms with Crippen LogP contribution in [0, 0.1) is 0 Å². The minimum atomic E-state index is -0.634. The summed E-state index contributed by atoms with van der Waals surface area (Å²) in [6.07, 6.45) is 23.0. The first kappa shape index (κ1) is 20.3. The highest BCUT2D eigenvalue weighted by Crippen LogP contribution is 2.19. The van der Waals surface area contributed by atoms with Crippen molar-refractivity contribution >= 4 is 12.0 Å². The molecule has 0 atom stereocenters. The van der Waals surface area contributed by atoms with Crippen molar-refractivity contribution in [2.24, 2.45) is 16.1 Å². The number of hydrogen-bond acceptors (Lipinski definition) is 6. The molecule has 0 radical (unpaired) electrons. The molecule has 1 aromatic rings. The first-order valence-electron chi connectivity index (χ1n) is 8.36. The molecule has 0 aliphatic carbocycles. The SMILES string of the molecule is NC(=O)/C1=C/N=NNOOc2ccccc2\C=C/C=C\C=C/C=C\C=CC=C1. The summed E-state index contributed by atoms with van der Waals surface area (Å²) >= 11 is 0. The van der Waals surface area contributed by atoms with Gasteiger partial charge in [-0.1, -0.05) is 85.0 Å². The summed E-state index contributed by atoms with van der Waals surface area (Å²) in [5.74, 6) is -0.147. The van der Waals surface area contributed by atoms with Crippen molar-refractivity contribution in [2.45, 2.75) is 0 Å². The van der Waals surface area contributed by atoms with Crippen LogP contribution in [0.15, 0.2) is 113 Å². The van der Waals surface area contributed by atoms with Crippen LogP contribution in [0.1, 0.15) is 5.56 Å². The van der Waals surface area contributed by atoms with Gasteiger partial charge in [0.15, 0.2) is 5.75 Å². The molecular formula is C21H20N4O3. The first-order valence-corrected chi connectivity index (χ1v) is 8.36. The van der Waals surface area contributed by atoms with Gasteiger partial charge in [-0.05, 0) is 22.4 Å². The molecule has 1 aliphatic rings. The van der Waals surface area contributed by atoms with E-state index in [-0.39, 0.29) is 5.57 Å². The van der Waals surface area contributed by atoms with Crippen LogP contribution in [0.4, 0.5) is 0 Å². The summed E-state index contributed by atoms with van der Waals surface area (Å²) in [5, 5.41) is 7.18. The number of nitrogens with zero attached hydrogens (tertiary/aromatic N) is 2. The van der Waals surface area contributed by atoms with E-state index in [9.17, 15) is 4.79 Å². The van der Waals surface area contributed by atoms with E-state index in [1.165, 1.54) is 12.3 Å². The predicted molar refractivity (Wildman–Crippen MR) is 108 cm³/mol. The standard InChI is InChI=1S/C21H20N4O3/c22-21(26)19-15-10-8-6-4-2-1-3-5-7-9-13-18-14-11-12-16-20(18)27-28-25-24-23-17-19/h1-17H,(H2,22,26)(H,23,25)/b3-1-,4-2-,7-5-,8-6?,13-9-,15-10?,19-17+. The van der Waals surface area contributed by atoms with Gasteiger partial charge in [-0.3, -0.25) is 4.79 Å². The molecule has 0 unspecified atom stereocenters. The van der Waals surface area contributed by atoms with Gasteiger partial charge in [-0.2, -0.15) is 0 Å². The molecule has 1 amide bonds. The lowest BCUT2D eigenvalue weighted by atomic mass is 10.2. The zero-order chi connectivity index (χ0) is 19.9. The molecule has 1 aromatic carbocycles. The van der Waals surface area contributed by atoms with Crippen LogP contribution in [0.5, 0.6) is 5.75 Å². The number of carbonyl (C=O) groups excluding carboxylic acids is 1. The van der Waals surface area contributed by atoms with Gasteiger partial charge in [0.25, 0.3) is 0 Å². The second-order valence-corrected chi connectivity index (χ2v) is 5.22. The maximum Gasteiger partial charge on any atom is 0.250 e. The van der Waals surface area contributed by atoms with Crippen LogP contribution in [0.25, 0.3) is 6.08 Å². The summed E-state index contributed by atoms with van der Waals surface area (Å²) in [5.41, 5.74) is 8.44. The number of hydrogen-bond donors (Lipinski definition) is 2. The van der Waals surface area contributed by atoms with Crippen LogP contribution in [-0.4, -0.2) is 5.91 Å². The Balaban J connectivity index is 2.18. The molecule has 0 saturated heterocycles. The number of primary amides is 1. The number of rotatable bonds is 1. The third-order valence-corrected chi connectivity index (χ3v) is 3.22. The summed E-state index contributed by atoms with van der Waals surface area (Å²) in [6, 6.07) is 7.31. The molecule has 0 aromatic heterocycles. The van der Waals surface area contributed by atoms with Crippen molar-refractivity contribution in [2.75, 3.05) is 0 Å². The quantitative estimate of drug-likeness (QED) is 0.723. The Morgan fingerprint density at radius 3 is 2.14 bits per heavy atom. The molecule has 0 bridgehead atoms. The van der Waals surface area contributed by atoms with Crippen LogP contribution < -0.4 is 16.2 Å². The molecule has 7 heteroatoms. The number of nitrogens with two attached hydrogens (primary N) is 1. The van der Waals surface area contributed by atoms with Gasteiger partial charge in [0.05, 0.1) is 11.8 Å². The molecular weight excluding hydrogens is 356 g/mol. The second kappa shape index (κ2) is 12.4. The predicted octanol–water partition coefficient (Wildman–Crippen LogP) is 4.05. The maximum absolute atomic E-state index is 11.4. The largest absolute Gasteiger partial charge is 0.366 e. The molecule has 142 valence electrons. The minimum Gasteiger partial charge on any atom is -0.366 e. The Labute approximate surface area is 163 Å². The van der Waals surface area contributed by atoms with Crippen LogP contribution >= 0.6 is 0 Å². The van der Waals surface area contributed by atoms with Crippen molar-refractivity contribution in [1.29, 1.82) is 0 Å². The summed E-state index contributed by atoms with van der Waals surface area (Å²) in [7, 11) is 0. The van der Waals surface area contributed by atoms with Crippen molar-refractivity contribution in [1.82, 2.24) is 5.59 Å². The molecule has 0 saturated carbocycles. The normalized spacial score (nSPS) is 21.5. The zero-order valence-corrected chi connectivity index (χ0v) is 15.0. The summed E-state index contributed by atoms with van der Waals surface area (Å²) in [4.78, 5) is 21.3. The average Bonchev–Trinajstić information content (AvgIpc) is 2.69. The van der Waals surface area contributed by atoms with Gasteiger partial charge in [0.2, 0.25) is 5.91 Å². The van der Waals surface area contributed by atoms with Crippen molar-refractivity contribution in [3.05, 3.63) is 108 Å². The third kappa shape index (κ3) is 7.94. The number of allylic oxidation sites excluding steroid dienone is 10. The van der Waals surface area contributed by atoms with E-state index in [0.29, 0.717) is 5.75 Å². The summed E-state index contributed by atoms with van der Waals surface area (Å²) < 4.78 is 0. The number of carbonyl (C=O) groups is 1. The fraction of sp³-hybridized carbons (Fsp3) is 0. The van der Waals surface area contributed by atoms with Gasteiger partial charge in [0.1, 0.15) is 0 Å². The van der Waals surface area contributed by atoms with Gasteiger partial charge < -0.3 is 10.6 Å². The molecule has 0 spiro atoms. The fourth-order valence-electron chi connectivity index (χ4n) is 1.91. The second-order valence-electron chi connectivity index (χ2n) is 5.22. The van der Waals surface area contributed by atoms with Gasteiger partial charge in [-0.15, -0.1) is 10.7 Å². The fourth-order valence-corrected chi connectivity index (χ4v) is 1.91. The van der Waals surface area contributed by atoms with Crippen molar-refractivity contribution < 1.29 is 14.7 Å². The van der Waals surface area contributed by atoms with Gasteiger partial charge >= 0.3 is 0 Å². The van der Waals surface area contributed by atoms with Crippen LogP contribution in [0.2, 0.25) is 0 Å². The summed E-state index contributed by atoms with van der Waals surface area (Å²) in [6.45, 7) is 0. The number of amides is 1. The molecule has 1 heterocycles. The molecule has 3 N–H and O–H groups in total. The van der Waals surface area contributed by atoms with E-state index in [1.54, 1.807) is 18.2 Å². The molecule has 7 nitrogen and oxygen atoms in total. The lowest BCUT2D eigenvalue weighted by molar-refractivity contribution is -0.259. The Kier molecular flexibility index (Phi) is 9.00. The molecule has 2 rings (SSSR count). The lowest BCUT2D eigenvalue weighted by Gasteiger charge is -2.04. The third-order valence-electron chi connectivity index (χ3n) is 3.22. The Hall–Kier alpha value is -3.97. The first-order chi connectivity index (χ1) is 13.8. The molecule has 0 fully saturated rings. The lowest BCUT2D eigenvalue weighted by Crippen LogP contribution is -2.12. The smallest absolute Gasteiger partial charge is 0.250 e. The van der Waals surface area contributed by atoms with E-state index in [4.69, 9.17) is 15.6 Å². The Morgan fingerprint density at radius 1 is 0.857 bits per heavy atom. The monoisotopic (exact) mass is 376 g/mol. The zero-order valence-electron chi connectivity index (χ0n) is 15.0. The topological polar surface area (TPSA) is 98.3 Å². The van der Waals surface area contributed by atoms with E-state index in [2.05, 4.69) is 15.9 Å². The number of benzene rings is 1. The molecule has 1 aliphatic heterocycles. The number of para-hydroxylation sites is 1. The average molecular weight is 376 g/mol. The van der Waals surface area contributed by atoms with E-state index in [1.807, 2.05) is 72.9 Å². The minimum absolute atomic E-state index is 0.173. The highest BCUT2D eigenvalue weighted by molar-refractivity contribution is 5.94. The van der Waals surface area contributed by atoms with Gasteiger partial charge in [-0.25, -0.2) is 0 Å². The number of fused-ring (bicyclic) bond motifs is 1. The Morgan fingerprint density at radius 2 is 1.46 bits per heavy atom. The van der Waals surface area contributed by atoms with Crippen LogP contribution in [0.3, 0.4) is 0 Å².